The number of esters is 1. The topological polar surface area (TPSA) is 90.6 Å². The molecule has 0 fully saturated rings. The summed E-state index contributed by atoms with van der Waals surface area (Å²) in [5, 5.41) is 2.69. The molecule has 0 aliphatic rings. The molecular weight excluding hydrogens is 344 g/mol. The predicted octanol–water partition coefficient (Wildman–Crippen LogP) is 3.45. The SMILES string of the molecule is CC(C)(C)OC(=O)C(N)c1ccc(CNC(=O)OCc2ccccc2)cc1. The highest BCUT2D eigenvalue weighted by atomic mass is 16.6. The molecule has 2 rings (SSSR count). The Morgan fingerprint density at radius 1 is 1.00 bits per heavy atom. The number of hydrogen-bond acceptors (Lipinski definition) is 5. The van der Waals surface area contributed by atoms with Gasteiger partial charge in [-0.05, 0) is 37.5 Å². The molecule has 0 heterocycles. The van der Waals surface area contributed by atoms with Crippen molar-refractivity contribution < 1.29 is 19.1 Å². The minimum absolute atomic E-state index is 0.219. The molecule has 6 nitrogen and oxygen atoms in total. The van der Waals surface area contributed by atoms with Crippen LogP contribution in [0.15, 0.2) is 54.6 Å². The van der Waals surface area contributed by atoms with Crippen molar-refractivity contribution in [3.8, 4) is 0 Å². The van der Waals surface area contributed by atoms with Crippen molar-refractivity contribution in [3.63, 3.8) is 0 Å². The third-order valence-corrected chi connectivity index (χ3v) is 3.65. The van der Waals surface area contributed by atoms with Crippen LogP contribution in [0.2, 0.25) is 0 Å². The van der Waals surface area contributed by atoms with Gasteiger partial charge in [-0.1, -0.05) is 54.6 Å². The average molecular weight is 370 g/mol. The van der Waals surface area contributed by atoms with Crippen LogP contribution < -0.4 is 11.1 Å². The maximum absolute atomic E-state index is 12.0. The average Bonchev–Trinajstić information content (AvgIpc) is 2.64. The van der Waals surface area contributed by atoms with Gasteiger partial charge in [-0.2, -0.15) is 0 Å². The zero-order valence-corrected chi connectivity index (χ0v) is 15.9. The quantitative estimate of drug-likeness (QED) is 0.760. The van der Waals surface area contributed by atoms with Gasteiger partial charge in [0.2, 0.25) is 0 Å². The second-order valence-corrected chi connectivity index (χ2v) is 7.17. The molecule has 1 atom stereocenters. The first kappa shape index (κ1) is 20.5. The first-order valence-corrected chi connectivity index (χ1v) is 8.76. The Morgan fingerprint density at radius 3 is 2.22 bits per heavy atom. The van der Waals surface area contributed by atoms with Crippen LogP contribution in [0, 0.1) is 0 Å². The summed E-state index contributed by atoms with van der Waals surface area (Å²) in [6.45, 7) is 5.92. The van der Waals surface area contributed by atoms with Crippen LogP contribution in [0.3, 0.4) is 0 Å². The second kappa shape index (κ2) is 9.19. The fourth-order valence-electron chi connectivity index (χ4n) is 2.29. The highest BCUT2D eigenvalue weighted by Crippen LogP contribution is 2.17. The maximum Gasteiger partial charge on any atom is 0.407 e. The van der Waals surface area contributed by atoms with Gasteiger partial charge in [-0.3, -0.25) is 0 Å². The highest BCUT2D eigenvalue weighted by Gasteiger charge is 2.23. The molecule has 0 radical (unpaired) electrons. The lowest BCUT2D eigenvalue weighted by Gasteiger charge is -2.22. The molecule has 27 heavy (non-hydrogen) atoms. The van der Waals surface area contributed by atoms with Gasteiger partial charge in [0.25, 0.3) is 0 Å². The summed E-state index contributed by atoms with van der Waals surface area (Å²) in [5.41, 5.74) is 7.81. The molecule has 2 aromatic rings. The Labute approximate surface area is 159 Å². The van der Waals surface area contributed by atoms with Crippen molar-refractivity contribution in [2.24, 2.45) is 5.73 Å². The molecule has 144 valence electrons. The summed E-state index contributed by atoms with van der Waals surface area (Å²) in [4.78, 5) is 23.8. The van der Waals surface area contributed by atoms with E-state index in [2.05, 4.69) is 5.32 Å². The summed E-state index contributed by atoms with van der Waals surface area (Å²) >= 11 is 0. The lowest BCUT2D eigenvalue weighted by atomic mass is 10.1. The Kier molecular flexibility index (Phi) is 6.96. The van der Waals surface area contributed by atoms with Gasteiger partial charge in [-0.25, -0.2) is 9.59 Å². The molecule has 0 spiro atoms. The molecule has 0 aromatic heterocycles. The van der Waals surface area contributed by atoms with E-state index in [0.29, 0.717) is 12.1 Å². The van der Waals surface area contributed by atoms with E-state index in [0.717, 1.165) is 11.1 Å². The molecular formula is C21H26N2O4. The van der Waals surface area contributed by atoms with E-state index >= 15 is 0 Å². The smallest absolute Gasteiger partial charge is 0.407 e. The number of amides is 1. The molecule has 3 N–H and O–H groups in total. The van der Waals surface area contributed by atoms with E-state index in [4.69, 9.17) is 15.2 Å². The molecule has 0 saturated heterocycles. The van der Waals surface area contributed by atoms with Gasteiger partial charge >= 0.3 is 12.1 Å². The van der Waals surface area contributed by atoms with Crippen LogP contribution in [-0.2, 0) is 27.4 Å². The number of nitrogens with two attached hydrogens (primary N) is 1. The van der Waals surface area contributed by atoms with Gasteiger partial charge in [0.1, 0.15) is 18.2 Å². The molecule has 1 unspecified atom stereocenters. The van der Waals surface area contributed by atoms with Crippen molar-refractivity contribution in [3.05, 3.63) is 71.3 Å². The van der Waals surface area contributed by atoms with Gasteiger partial charge in [0, 0.05) is 6.54 Å². The van der Waals surface area contributed by atoms with Crippen LogP contribution in [0.4, 0.5) is 4.79 Å². The first-order chi connectivity index (χ1) is 12.7. The minimum atomic E-state index is -0.845. The summed E-state index contributed by atoms with van der Waals surface area (Å²) in [7, 11) is 0. The number of rotatable bonds is 6. The lowest BCUT2D eigenvalue weighted by Crippen LogP contribution is -2.31. The molecule has 6 heteroatoms. The Bertz CT molecular complexity index is 752. The summed E-state index contributed by atoms with van der Waals surface area (Å²) in [6.07, 6.45) is -0.492. The number of nitrogens with one attached hydrogen (secondary N) is 1. The fraction of sp³-hybridized carbons (Fsp3) is 0.333. The molecule has 1 amide bonds. The van der Waals surface area contributed by atoms with E-state index in [1.807, 2.05) is 30.3 Å². The van der Waals surface area contributed by atoms with Crippen molar-refractivity contribution >= 4 is 12.1 Å². The van der Waals surface area contributed by atoms with Crippen molar-refractivity contribution in [2.75, 3.05) is 0 Å². The molecule has 0 aliphatic carbocycles. The van der Waals surface area contributed by atoms with Crippen LogP contribution >= 0.6 is 0 Å². The molecule has 0 bridgehead atoms. The lowest BCUT2D eigenvalue weighted by molar-refractivity contribution is -0.156. The Hall–Kier alpha value is -2.86. The van der Waals surface area contributed by atoms with Crippen LogP contribution in [-0.4, -0.2) is 17.7 Å². The maximum atomic E-state index is 12.0. The van der Waals surface area contributed by atoms with Crippen LogP contribution in [0.1, 0.15) is 43.5 Å². The van der Waals surface area contributed by atoms with Gasteiger partial charge in [0.05, 0.1) is 0 Å². The number of hydrogen-bond donors (Lipinski definition) is 2. The molecule has 2 aromatic carbocycles. The van der Waals surface area contributed by atoms with E-state index in [1.165, 1.54) is 0 Å². The summed E-state index contributed by atoms with van der Waals surface area (Å²) in [6, 6.07) is 15.7. The zero-order chi connectivity index (χ0) is 19.9. The largest absolute Gasteiger partial charge is 0.459 e. The number of ether oxygens (including phenoxy) is 2. The Morgan fingerprint density at radius 2 is 1.63 bits per heavy atom. The van der Waals surface area contributed by atoms with Crippen molar-refractivity contribution in [2.45, 2.75) is 45.6 Å². The minimum Gasteiger partial charge on any atom is -0.459 e. The van der Waals surface area contributed by atoms with E-state index in [-0.39, 0.29) is 6.61 Å². The number of benzene rings is 2. The van der Waals surface area contributed by atoms with Crippen LogP contribution in [0.25, 0.3) is 0 Å². The number of carbonyl (C=O) groups excluding carboxylic acids is 2. The Balaban J connectivity index is 1.81. The highest BCUT2D eigenvalue weighted by molar-refractivity contribution is 5.77. The first-order valence-electron chi connectivity index (χ1n) is 8.76. The number of alkyl carbamates (subject to hydrolysis) is 1. The summed E-state index contributed by atoms with van der Waals surface area (Å²) in [5.74, 6) is -0.474. The van der Waals surface area contributed by atoms with Crippen molar-refractivity contribution in [1.29, 1.82) is 0 Å². The van der Waals surface area contributed by atoms with Gasteiger partial charge in [0.15, 0.2) is 0 Å². The van der Waals surface area contributed by atoms with E-state index in [1.54, 1.807) is 45.0 Å². The normalized spacial score (nSPS) is 12.1. The van der Waals surface area contributed by atoms with Gasteiger partial charge in [-0.15, -0.1) is 0 Å². The second-order valence-electron chi connectivity index (χ2n) is 7.17. The monoisotopic (exact) mass is 370 g/mol. The molecule has 0 saturated carbocycles. The zero-order valence-electron chi connectivity index (χ0n) is 15.9. The van der Waals surface area contributed by atoms with E-state index in [9.17, 15) is 9.59 Å². The third-order valence-electron chi connectivity index (χ3n) is 3.65. The standard InChI is InChI=1S/C21H26N2O4/c1-21(2,3)27-19(24)18(22)17-11-9-15(10-12-17)13-23-20(25)26-14-16-7-5-4-6-8-16/h4-12,18H,13-14,22H2,1-3H3,(H,23,25). The fourth-order valence-corrected chi connectivity index (χ4v) is 2.29. The predicted molar refractivity (Wildman–Crippen MR) is 103 cm³/mol. The summed E-state index contributed by atoms with van der Waals surface area (Å²) < 4.78 is 10.4. The number of carbonyl (C=O) groups is 2. The van der Waals surface area contributed by atoms with E-state index < -0.39 is 23.7 Å². The van der Waals surface area contributed by atoms with Gasteiger partial charge < -0.3 is 20.5 Å². The van der Waals surface area contributed by atoms with Crippen LogP contribution in [0.5, 0.6) is 0 Å². The molecule has 0 aliphatic heterocycles. The third kappa shape index (κ3) is 7.11. The van der Waals surface area contributed by atoms with Crippen molar-refractivity contribution in [1.82, 2.24) is 5.32 Å².